The van der Waals surface area contributed by atoms with E-state index in [1.54, 1.807) is 0 Å². The second kappa shape index (κ2) is 6.95. The van der Waals surface area contributed by atoms with Gasteiger partial charge in [0.1, 0.15) is 11.3 Å². The Morgan fingerprint density at radius 1 is 1.16 bits per heavy atom. The third kappa shape index (κ3) is 3.67. The molecule has 2 aromatic rings. The smallest absolute Gasteiger partial charge is 0.313 e. The summed E-state index contributed by atoms with van der Waals surface area (Å²) in [7, 11) is -3.03. The summed E-state index contributed by atoms with van der Waals surface area (Å²) in [6, 6.07) is 0.675. The first-order chi connectivity index (χ1) is 14.0. The Bertz CT molecular complexity index is 1210. The summed E-state index contributed by atoms with van der Waals surface area (Å²) in [4.78, 5) is 6.89. The van der Waals surface area contributed by atoms with Crippen molar-refractivity contribution < 1.29 is 40.0 Å². The van der Waals surface area contributed by atoms with Gasteiger partial charge in [-0.1, -0.05) is 6.92 Å². The van der Waals surface area contributed by atoms with Crippen molar-refractivity contribution in [2.45, 2.75) is 31.7 Å². The Balaban J connectivity index is 2.31. The van der Waals surface area contributed by atoms with Crippen LogP contribution >= 0.6 is 0 Å². The van der Waals surface area contributed by atoms with E-state index in [2.05, 4.69) is 9.97 Å². The van der Waals surface area contributed by atoms with Crippen molar-refractivity contribution in [2.75, 3.05) is 5.75 Å². The molecule has 0 aliphatic carbocycles. The van der Waals surface area contributed by atoms with Crippen LogP contribution < -0.4 is 0 Å². The van der Waals surface area contributed by atoms with Gasteiger partial charge in [-0.25, -0.2) is 23.4 Å². The van der Waals surface area contributed by atoms with Gasteiger partial charge in [0, 0.05) is 19.4 Å². The van der Waals surface area contributed by atoms with Crippen LogP contribution in [-0.4, -0.2) is 45.2 Å². The van der Waals surface area contributed by atoms with Crippen LogP contribution in [0.4, 0.5) is 26.3 Å². The maximum absolute atomic E-state index is 13.3. The predicted molar refractivity (Wildman–Crippen MR) is 96.2 cm³/mol. The quantitative estimate of drug-likeness (QED) is 0.689. The van der Waals surface area contributed by atoms with Gasteiger partial charge in [-0.15, -0.1) is 0 Å². The van der Waals surface area contributed by atoms with Crippen molar-refractivity contribution >= 4 is 21.0 Å². The van der Waals surface area contributed by atoms with Crippen LogP contribution in [0.1, 0.15) is 25.2 Å². The van der Waals surface area contributed by atoms with Crippen molar-refractivity contribution in [1.82, 2.24) is 19.6 Å². The van der Waals surface area contributed by atoms with Gasteiger partial charge in [-0.05, 0) is 19.1 Å². The fraction of sp³-hybridized carbons (Fsp3) is 0.412. The van der Waals surface area contributed by atoms with Crippen molar-refractivity contribution in [3.63, 3.8) is 0 Å². The van der Waals surface area contributed by atoms with E-state index in [1.165, 1.54) is 14.0 Å². The molecule has 3 rings (SSSR count). The second-order valence-corrected chi connectivity index (χ2v) is 9.22. The fourth-order valence-corrected chi connectivity index (χ4v) is 4.68. The first-order valence-electron chi connectivity index (χ1n) is 8.65. The highest BCUT2D eigenvalue weighted by molar-refractivity contribution is 7.95. The molecule has 0 saturated heterocycles. The molecule has 1 atom stereocenters. The molecule has 3 heterocycles. The summed E-state index contributed by atoms with van der Waals surface area (Å²) in [5, 5.41) is 10.5. The lowest BCUT2D eigenvalue weighted by atomic mass is 9.95. The molecule has 0 amide bonds. The summed E-state index contributed by atoms with van der Waals surface area (Å²) >= 11 is 0. The molecule has 1 unspecified atom stereocenters. The minimum atomic E-state index is -4.97. The first kappa shape index (κ1) is 23.1. The summed E-state index contributed by atoms with van der Waals surface area (Å²) in [6.07, 6.45) is -8.46. The Morgan fingerprint density at radius 3 is 2.29 bits per heavy atom. The number of alkyl halides is 6. The maximum Gasteiger partial charge on any atom is 0.417 e. The number of imidazole rings is 1. The number of halogens is 6. The van der Waals surface area contributed by atoms with Crippen LogP contribution in [-0.2, 0) is 28.6 Å². The monoisotopic (exact) mass is 470 g/mol. The minimum Gasteiger partial charge on any atom is -0.313 e. The van der Waals surface area contributed by atoms with Gasteiger partial charge in [0.2, 0.25) is 0 Å². The van der Waals surface area contributed by atoms with Crippen LogP contribution in [0.3, 0.4) is 0 Å². The number of aryl methyl sites for hydroxylation is 1. The molecule has 1 aliphatic rings. The Kier molecular flexibility index (Phi) is 5.17. The average molecular weight is 470 g/mol. The Morgan fingerprint density at radius 2 is 1.77 bits per heavy atom. The molecule has 0 fully saturated rings. The summed E-state index contributed by atoms with van der Waals surface area (Å²) in [5.74, 6) is -0.911. The topological polar surface area (TPSA) is 88.3 Å². The lowest BCUT2D eigenvalue weighted by molar-refractivity contribution is -0.137. The molecule has 2 aromatic heterocycles. The molecule has 170 valence electrons. The second-order valence-electron chi connectivity index (χ2n) is 6.97. The molecule has 1 aliphatic heterocycles. The Labute approximate surface area is 172 Å². The molecule has 0 radical (unpaired) electrons. The van der Waals surface area contributed by atoms with Crippen LogP contribution in [0.2, 0.25) is 0 Å². The lowest BCUT2D eigenvalue weighted by Gasteiger charge is -2.40. The Hall–Kier alpha value is -2.61. The molecule has 0 spiro atoms. The van der Waals surface area contributed by atoms with Crippen molar-refractivity contribution in [1.29, 1.82) is 0 Å². The highest BCUT2D eigenvalue weighted by atomic mass is 32.2. The van der Waals surface area contributed by atoms with Crippen LogP contribution in [0.25, 0.3) is 11.2 Å². The molecular weight excluding hydrogens is 454 g/mol. The molecule has 0 aromatic carbocycles. The summed E-state index contributed by atoms with van der Waals surface area (Å²) in [6.45, 7) is 2.30. The molecule has 7 nitrogen and oxygen atoms in total. The number of hydrogen-bond acceptors (Lipinski definition) is 6. The molecule has 31 heavy (non-hydrogen) atoms. The largest absolute Gasteiger partial charge is 0.417 e. The van der Waals surface area contributed by atoms with Crippen LogP contribution in [0.5, 0.6) is 0 Å². The van der Waals surface area contributed by atoms with E-state index >= 15 is 0 Å². The number of hydroxylamine groups is 2. The van der Waals surface area contributed by atoms with Gasteiger partial charge < -0.3 is 4.57 Å². The highest BCUT2D eigenvalue weighted by Gasteiger charge is 2.50. The lowest BCUT2D eigenvalue weighted by Crippen LogP contribution is -2.47. The standard InChI is InChI=1S/C17H16F6N4O3S/c1-4-31(29,30)12-6-10(17(21,22)23)8-27(28)15(12,2)14-25-11-5-9(16(18,19)20)7-24-13(11)26(14)3/h5-8,28H,4H2,1-3H3. The van der Waals surface area contributed by atoms with Gasteiger partial charge in [-0.3, -0.25) is 5.21 Å². The molecular formula is C17H16F6N4O3S. The normalized spacial score (nSPS) is 20.8. The van der Waals surface area contributed by atoms with E-state index in [4.69, 9.17) is 0 Å². The van der Waals surface area contributed by atoms with E-state index in [1.807, 2.05) is 0 Å². The van der Waals surface area contributed by atoms with Gasteiger partial charge >= 0.3 is 12.4 Å². The third-order valence-corrected chi connectivity index (χ3v) is 6.95. The summed E-state index contributed by atoms with van der Waals surface area (Å²) < 4.78 is 105. The first-order valence-corrected chi connectivity index (χ1v) is 10.3. The zero-order chi connectivity index (χ0) is 23.6. The third-order valence-electron chi connectivity index (χ3n) is 5.00. The van der Waals surface area contributed by atoms with E-state index in [9.17, 15) is 40.0 Å². The average Bonchev–Trinajstić information content (AvgIpc) is 2.98. The number of aromatic nitrogens is 3. The number of nitrogens with zero attached hydrogens (tertiary/aromatic N) is 4. The molecule has 1 N–H and O–H groups in total. The molecule has 14 heteroatoms. The van der Waals surface area contributed by atoms with Gasteiger partial charge in [0.25, 0.3) is 0 Å². The van der Waals surface area contributed by atoms with Crippen LogP contribution in [0, 0.1) is 0 Å². The number of hydrogen-bond donors (Lipinski definition) is 1. The fourth-order valence-electron chi connectivity index (χ4n) is 3.27. The van der Waals surface area contributed by atoms with Gasteiger partial charge in [-0.2, -0.15) is 26.3 Å². The van der Waals surface area contributed by atoms with Crippen molar-refractivity contribution in [3.8, 4) is 0 Å². The predicted octanol–water partition coefficient (Wildman–Crippen LogP) is 3.67. The van der Waals surface area contributed by atoms with E-state index in [0.717, 1.165) is 11.5 Å². The van der Waals surface area contributed by atoms with Gasteiger partial charge in [0.05, 0.1) is 21.8 Å². The number of allylic oxidation sites excluding steroid dienone is 2. The van der Waals surface area contributed by atoms with Gasteiger partial charge in [0.15, 0.2) is 21.0 Å². The molecule has 0 bridgehead atoms. The maximum atomic E-state index is 13.3. The SMILES string of the molecule is CCS(=O)(=O)C1=CC(C(F)(F)F)=CN(O)C1(C)c1nc2cc(C(F)(F)F)cnc2n1C. The number of sulfone groups is 1. The number of pyridine rings is 1. The van der Waals surface area contributed by atoms with E-state index in [-0.39, 0.29) is 22.1 Å². The zero-order valence-corrected chi connectivity index (χ0v) is 17.1. The van der Waals surface area contributed by atoms with Crippen LogP contribution in [0.15, 0.2) is 35.0 Å². The van der Waals surface area contributed by atoms with Crippen molar-refractivity contribution in [3.05, 3.63) is 46.4 Å². The minimum absolute atomic E-state index is 0.0459. The van der Waals surface area contributed by atoms with E-state index < -0.39 is 49.5 Å². The number of fused-ring (bicyclic) bond motifs is 1. The van der Waals surface area contributed by atoms with E-state index in [0.29, 0.717) is 24.5 Å². The summed E-state index contributed by atoms with van der Waals surface area (Å²) in [5.41, 5.74) is -5.07. The zero-order valence-electron chi connectivity index (χ0n) is 16.2. The van der Waals surface area contributed by atoms with Crippen molar-refractivity contribution in [2.24, 2.45) is 7.05 Å². The molecule has 0 saturated carbocycles. The number of rotatable bonds is 3. The highest BCUT2D eigenvalue weighted by Crippen LogP contribution is 2.44.